The second kappa shape index (κ2) is 59.0. The van der Waals surface area contributed by atoms with Gasteiger partial charge in [0.05, 0.1) is 19.8 Å². The summed E-state index contributed by atoms with van der Waals surface area (Å²) in [5.41, 5.74) is 0. The Balaban J connectivity index is 4.86. The van der Waals surface area contributed by atoms with E-state index in [1.54, 1.807) is 0 Å². The number of hydrogen-bond acceptors (Lipinski definition) is 10. The molecule has 2 N–H and O–H groups in total. The van der Waals surface area contributed by atoms with Crippen LogP contribution in [0.3, 0.4) is 0 Å². The van der Waals surface area contributed by atoms with E-state index in [-0.39, 0.29) is 25.9 Å². The van der Waals surface area contributed by atoms with Crippen molar-refractivity contribution < 1.29 is 52.2 Å². The average Bonchev–Trinajstić information content (AvgIpc) is 3.43. The zero-order chi connectivity index (χ0) is 56.9. The minimum Gasteiger partial charge on any atom is -0.462 e. The van der Waals surface area contributed by atoms with Gasteiger partial charge in [-0.1, -0.05) is 245 Å². The summed E-state index contributed by atoms with van der Waals surface area (Å²) in [5, 5.41) is 9.82. The van der Waals surface area contributed by atoms with Crippen molar-refractivity contribution in [2.75, 3.05) is 26.4 Å². The first kappa shape index (κ1) is 73.9. The van der Waals surface area contributed by atoms with Crippen LogP contribution in [0.1, 0.15) is 239 Å². The molecule has 0 saturated carbocycles. The molecule has 0 fully saturated rings. The zero-order valence-corrected chi connectivity index (χ0v) is 50.0. The highest BCUT2D eigenvalue weighted by molar-refractivity contribution is 7.47. The molecule has 0 aliphatic rings. The second-order valence-corrected chi connectivity index (χ2v) is 21.2. The maximum atomic E-state index is 12.9. The summed E-state index contributed by atoms with van der Waals surface area (Å²) in [4.78, 5) is 48.6. The van der Waals surface area contributed by atoms with Crippen molar-refractivity contribution in [3.8, 4) is 0 Å². The number of rotatable bonds is 55. The highest BCUT2D eigenvalue weighted by Gasteiger charge is 2.28. The molecule has 0 bridgehead atoms. The monoisotopic (exact) mass is 1110 g/mol. The summed E-state index contributed by atoms with van der Waals surface area (Å²) in [6.45, 7) is 4.32. The van der Waals surface area contributed by atoms with Gasteiger partial charge in [0.15, 0.2) is 6.10 Å². The number of allylic oxidation sites excluding steroid dienone is 20. The van der Waals surface area contributed by atoms with Gasteiger partial charge in [-0.05, 0) is 96.3 Å². The lowest BCUT2D eigenvalue weighted by molar-refractivity contribution is -0.161. The Hall–Kier alpha value is -4.12. The molecule has 3 unspecified atom stereocenters. The van der Waals surface area contributed by atoms with Crippen LogP contribution in [0.15, 0.2) is 122 Å². The van der Waals surface area contributed by atoms with Crippen molar-refractivity contribution in [3.63, 3.8) is 0 Å². The van der Waals surface area contributed by atoms with E-state index in [2.05, 4.69) is 130 Å². The van der Waals surface area contributed by atoms with Crippen molar-refractivity contribution >= 4 is 25.7 Å². The van der Waals surface area contributed by atoms with Gasteiger partial charge in [0, 0.05) is 19.3 Å². The molecule has 444 valence electrons. The molecule has 0 saturated heterocycles. The average molecular weight is 1110 g/mol. The van der Waals surface area contributed by atoms with Crippen LogP contribution in [0.2, 0.25) is 0 Å². The number of esters is 3. The summed E-state index contributed by atoms with van der Waals surface area (Å²) in [6, 6.07) is 0. The van der Waals surface area contributed by atoms with Crippen molar-refractivity contribution in [1.82, 2.24) is 0 Å². The Bertz CT molecular complexity index is 1770. The van der Waals surface area contributed by atoms with Crippen molar-refractivity contribution in [2.45, 2.75) is 251 Å². The lowest BCUT2D eigenvalue weighted by atomic mass is 10.0. The van der Waals surface area contributed by atoms with Crippen LogP contribution >= 0.6 is 7.82 Å². The second-order valence-electron chi connectivity index (χ2n) is 19.8. The van der Waals surface area contributed by atoms with Gasteiger partial charge in [-0.2, -0.15) is 0 Å². The molecule has 0 aliphatic carbocycles. The smallest absolute Gasteiger partial charge is 0.462 e. The maximum absolute atomic E-state index is 12.9. The Morgan fingerprint density at radius 2 is 0.692 bits per heavy atom. The standard InChI is InChI=1S/C66H109O11P/c1-4-7-10-13-16-19-22-25-27-29-31-33-35-38-40-43-46-49-52-55-64(68)73-59-63(77-66(70)57-54-51-48-45-42-39-36-34-32-30-28-26-23-20-17-14-11-8-5-2)61-75-78(71,72)74-60-62(58-67)76-65(69)56-53-50-47-44-41-37-24-21-18-15-12-9-6-3/h7-8,10-11,16-17,19-20,25-28,31-34,39,42,48,51,62-63,67H,4-6,9,12-15,18,21-24,29-30,35-38,40-41,43-47,49-50,52-61H2,1-3H3,(H,71,72)/b10-7-,11-8-,19-16-,20-17-,27-25-,28-26-,33-31-,34-32-,42-39-,51-48-. The summed E-state index contributed by atoms with van der Waals surface area (Å²) in [7, 11) is -4.78. The van der Waals surface area contributed by atoms with Gasteiger partial charge in [0.2, 0.25) is 0 Å². The Kier molecular flexibility index (Phi) is 55.9. The van der Waals surface area contributed by atoms with Crippen LogP contribution in [-0.4, -0.2) is 66.5 Å². The summed E-state index contributed by atoms with van der Waals surface area (Å²) in [6.07, 6.45) is 73.1. The predicted octanol–water partition coefficient (Wildman–Crippen LogP) is 18.4. The first-order valence-corrected chi connectivity index (χ1v) is 31.9. The third kappa shape index (κ3) is 56.6. The minimum absolute atomic E-state index is 0.0339. The molecule has 0 aliphatic heterocycles. The number of unbranched alkanes of at least 4 members (excludes halogenated alkanes) is 18. The first-order chi connectivity index (χ1) is 38.2. The van der Waals surface area contributed by atoms with Crippen LogP contribution in [0, 0.1) is 0 Å². The zero-order valence-electron chi connectivity index (χ0n) is 49.1. The number of ether oxygens (including phenoxy) is 3. The number of carbonyl (C=O) groups is 3. The largest absolute Gasteiger partial charge is 0.472 e. The molecular formula is C66H109O11P. The molecule has 0 spiro atoms. The maximum Gasteiger partial charge on any atom is 0.472 e. The highest BCUT2D eigenvalue weighted by atomic mass is 31.2. The molecule has 0 radical (unpaired) electrons. The van der Waals surface area contributed by atoms with Gasteiger partial charge in [-0.3, -0.25) is 23.4 Å². The van der Waals surface area contributed by atoms with Gasteiger partial charge >= 0.3 is 25.7 Å². The number of carbonyl (C=O) groups excluding carboxylic acids is 3. The Morgan fingerprint density at radius 3 is 1.10 bits per heavy atom. The van der Waals surface area contributed by atoms with Gasteiger partial charge in [-0.25, -0.2) is 4.57 Å². The number of aliphatic hydroxyl groups is 1. The van der Waals surface area contributed by atoms with E-state index in [1.165, 1.54) is 57.8 Å². The summed E-state index contributed by atoms with van der Waals surface area (Å²) >= 11 is 0. The third-order valence-corrected chi connectivity index (χ3v) is 13.3. The van der Waals surface area contributed by atoms with E-state index in [0.717, 1.165) is 116 Å². The molecule has 0 heterocycles. The van der Waals surface area contributed by atoms with E-state index >= 15 is 0 Å². The third-order valence-electron chi connectivity index (χ3n) is 12.4. The molecule has 0 amide bonds. The lowest BCUT2D eigenvalue weighted by Crippen LogP contribution is -2.30. The lowest BCUT2D eigenvalue weighted by Gasteiger charge is -2.21. The minimum atomic E-state index is -4.78. The number of hydrogen-bond donors (Lipinski definition) is 2. The van der Waals surface area contributed by atoms with E-state index < -0.39 is 57.8 Å². The van der Waals surface area contributed by atoms with Gasteiger partial charge in [-0.15, -0.1) is 0 Å². The van der Waals surface area contributed by atoms with Crippen molar-refractivity contribution in [2.24, 2.45) is 0 Å². The molecule has 12 heteroatoms. The topological polar surface area (TPSA) is 155 Å². The quantitative estimate of drug-likeness (QED) is 0.0197. The number of phosphoric ester groups is 1. The predicted molar refractivity (Wildman–Crippen MR) is 325 cm³/mol. The molecule has 0 rings (SSSR count). The fraction of sp³-hybridized carbons (Fsp3) is 0.652. The van der Waals surface area contributed by atoms with Crippen LogP contribution in [-0.2, 0) is 42.2 Å². The molecule has 0 aromatic heterocycles. The van der Waals surface area contributed by atoms with E-state index in [1.807, 2.05) is 12.2 Å². The van der Waals surface area contributed by atoms with E-state index in [9.17, 15) is 28.9 Å². The Labute approximate surface area is 475 Å². The van der Waals surface area contributed by atoms with Crippen LogP contribution in [0.5, 0.6) is 0 Å². The fourth-order valence-electron chi connectivity index (χ4n) is 7.84. The molecule has 0 aromatic carbocycles. The van der Waals surface area contributed by atoms with Crippen molar-refractivity contribution in [1.29, 1.82) is 0 Å². The van der Waals surface area contributed by atoms with Gasteiger partial charge in [0.1, 0.15) is 12.7 Å². The number of aliphatic hydroxyl groups excluding tert-OH is 1. The fourth-order valence-corrected chi connectivity index (χ4v) is 8.63. The molecule has 3 atom stereocenters. The summed E-state index contributed by atoms with van der Waals surface area (Å²) in [5.74, 6) is -1.59. The molecule has 0 aromatic rings. The van der Waals surface area contributed by atoms with E-state index in [4.69, 9.17) is 23.3 Å². The molecular weight excluding hydrogens is 1000 g/mol. The molecule has 11 nitrogen and oxygen atoms in total. The Morgan fingerprint density at radius 1 is 0.372 bits per heavy atom. The van der Waals surface area contributed by atoms with Crippen LogP contribution < -0.4 is 0 Å². The van der Waals surface area contributed by atoms with Gasteiger partial charge in [0.25, 0.3) is 0 Å². The highest BCUT2D eigenvalue weighted by Crippen LogP contribution is 2.43. The van der Waals surface area contributed by atoms with E-state index in [0.29, 0.717) is 25.7 Å². The normalized spacial score (nSPS) is 14.2. The summed E-state index contributed by atoms with van der Waals surface area (Å²) < 4.78 is 39.5. The van der Waals surface area contributed by atoms with Crippen LogP contribution in [0.25, 0.3) is 0 Å². The van der Waals surface area contributed by atoms with Gasteiger partial charge < -0.3 is 24.2 Å². The first-order valence-electron chi connectivity index (χ1n) is 30.4. The van der Waals surface area contributed by atoms with Crippen molar-refractivity contribution in [3.05, 3.63) is 122 Å². The number of phosphoric acid groups is 1. The molecule has 78 heavy (non-hydrogen) atoms. The SMILES string of the molecule is CC/C=C\C/C=C\C/C=C\C/C=C\C/C=C\C/C=C\CCC(=O)OC(COC(=O)CCCCCCCC/C=C\C/C=C\C/C=C\C/C=C\CC)COP(=O)(O)OCC(CO)OC(=O)CCCCCCCCCCCCCCC. The van der Waals surface area contributed by atoms with Crippen LogP contribution in [0.4, 0.5) is 0 Å².